The van der Waals surface area contributed by atoms with Crippen LogP contribution in [0.3, 0.4) is 0 Å². The van der Waals surface area contributed by atoms with E-state index in [1.165, 1.54) is 0 Å². The van der Waals surface area contributed by atoms with E-state index in [0.717, 1.165) is 0 Å². The van der Waals surface area contributed by atoms with Gasteiger partial charge in [-0.05, 0) is 5.41 Å². The lowest BCUT2D eigenvalue weighted by atomic mass is 9.81. The molecule has 3 N–H and O–H groups in total. The van der Waals surface area contributed by atoms with Gasteiger partial charge in [-0.2, -0.15) is 0 Å². The molecule has 0 spiro atoms. The number of carbonyl (C=O) groups is 2. The van der Waals surface area contributed by atoms with Crippen molar-refractivity contribution >= 4 is 11.8 Å². The predicted octanol–water partition coefficient (Wildman–Crippen LogP) is 1.69. The number of carbonyl (C=O) groups excluding carboxylic acids is 2. The van der Waals surface area contributed by atoms with Gasteiger partial charge in [-0.25, -0.2) is 0 Å². The summed E-state index contributed by atoms with van der Waals surface area (Å²) in [4.78, 5) is 21.9. The summed E-state index contributed by atoms with van der Waals surface area (Å²) in [5, 5.41) is 2.68. The maximum absolute atomic E-state index is 11.5. The molecule has 1 unspecified atom stereocenters. The van der Waals surface area contributed by atoms with Crippen LogP contribution in [0.4, 0.5) is 0 Å². The topological polar surface area (TPSA) is 72.2 Å². The summed E-state index contributed by atoms with van der Waals surface area (Å²) in [5.74, 6) is -0.497. The normalized spacial score (nSPS) is 12.1. The molecule has 0 fully saturated rings. The van der Waals surface area contributed by atoms with E-state index in [9.17, 15) is 9.59 Å². The molecule has 0 saturated heterocycles. The van der Waals surface area contributed by atoms with Crippen molar-refractivity contribution in [1.29, 1.82) is 0 Å². The number of nitrogens with two attached hydrogens (primary N) is 1. The Balaban J connectivity index is 0. The largest absolute Gasteiger partial charge is 0.370 e. The first-order chi connectivity index (χ1) is 7.25. The fourth-order valence-electron chi connectivity index (χ4n) is 0.855. The van der Waals surface area contributed by atoms with E-state index in [1.54, 1.807) is 0 Å². The van der Waals surface area contributed by atoms with Crippen molar-refractivity contribution in [2.75, 3.05) is 6.54 Å². The van der Waals surface area contributed by atoms with Crippen molar-refractivity contribution in [1.82, 2.24) is 5.32 Å². The Morgan fingerprint density at radius 3 is 2.00 bits per heavy atom. The zero-order chi connectivity index (χ0) is 13.4. The molecule has 0 aliphatic rings. The molecular formula is C12H26N2O2. The molecule has 0 bridgehead atoms. The number of nitrogens with one attached hydrogen (secondary N) is 1. The van der Waals surface area contributed by atoms with Gasteiger partial charge in [-0.15, -0.1) is 0 Å². The first kappa shape index (κ1) is 17.3. The number of hydrogen-bond acceptors (Lipinski definition) is 2. The summed E-state index contributed by atoms with van der Waals surface area (Å²) in [6.07, 6.45) is 0.197. The fourth-order valence-corrected chi connectivity index (χ4v) is 0.855. The third-order valence-corrected chi connectivity index (χ3v) is 2.36. The van der Waals surface area contributed by atoms with E-state index < -0.39 is 5.91 Å². The van der Waals surface area contributed by atoms with Crippen LogP contribution in [0.2, 0.25) is 0 Å². The lowest BCUT2D eigenvalue weighted by Crippen LogP contribution is -2.37. The molecule has 4 nitrogen and oxygen atoms in total. The van der Waals surface area contributed by atoms with E-state index in [1.807, 2.05) is 41.5 Å². The Bertz CT molecular complexity index is 220. The molecule has 0 radical (unpaired) electrons. The molecule has 0 heterocycles. The average molecular weight is 230 g/mol. The Hall–Kier alpha value is -1.06. The van der Waals surface area contributed by atoms with E-state index >= 15 is 0 Å². The van der Waals surface area contributed by atoms with Gasteiger partial charge in [0.25, 0.3) is 0 Å². The molecule has 16 heavy (non-hydrogen) atoms. The quantitative estimate of drug-likeness (QED) is 0.771. The van der Waals surface area contributed by atoms with Crippen LogP contribution in [0.15, 0.2) is 0 Å². The van der Waals surface area contributed by atoms with Gasteiger partial charge in [0.05, 0.1) is 0 Å². The number of hydrogen-bond donors (Lipinski definition) is 2. The monoisotopic (exact) mass is 230 g/mol. The molecule has 4 heteroatoms. The van der Waals surface area contributed by atoms with Crippen LogP contribution >= 0.6 is 0 Å². The van der Waals surface area contributed by atoms with Crippen LogP contribution in [0.25, 0.3) is 0 Å². The molecule has 0 aromatic rings. The highest BCUT2D eigenvalue weighted by Gasteiger charge is 2.26. The molecule has 1 atom stereocenters. The first-order valence-electron chi connectivity index (χ1n) is 5.81. The number of rotatable bonds is 4. The molecule has 0 aliphatic carbocycles. The summed E-state index contributed by atoms with van der Waals surface area (Å²) >= 11 is 0. The maximum atomic E-state index is 11.5. The Labute approximate surface area is 99.0 Å². The van der Waals surface area contributed by atoms with Crippen molar-refractivity contribution in [2.45, 2.75) is 48.0 Å². The standard InChI is InChI=1S/C10H20N2O2.C2H6/c1-7(10(2,3)4)9(14)12-6-5-8(11)13;1-2/h7H,5-6H2,1-4H3,(H2,11,13)(H,12,14);1-2H3. The van der Waals surface area contributed by atoms with Gasteiger partial charge in [0.15, 0.2) is 0 Å². The lowest BCUT2D eigenvalue weighted by Gasteiger charge is -2.25. The summed E-state index contributed by atoms with van der Waals surface area (Å²) < 4.78 is 0. The third-order valence-electron chi connectivity index (χ3n) is 2.36. The molecule has 0 saturated carbocycles. The van der Waals surface area contributed by atoms with Crippen molar-refractivity contribution in [3.05, 3.63) is 0 Å². The van der Waals surface area contributed by atoms with Crippen LogP contribution in [0.1, 0.15) is 48.0 Å². The van der Waals surface area contributed by atoms with Gasteiger partial charge in [-0.1, -0.05) is 41.5 Å². The Morgan fingerprint density at radius 2 is 1.69 bits per heavy atom. The van der Waals surface area contributed by atoms with Crippen molar-refractivity contribution in [3.63, 3.8) is 0 Å². The highest BCUT2D eigenvalue weighted by atomic mass is 16.2. The molecule has 0 aromatic carbocycles. The maximum Gasteiger partial charge on any atom is 0.223 e. The van der Waals surface area contributed by atoms with Gasteiger partial charge >= 0.3 is 0 Å². The van der Waals surface area contributed by atoms with Gasteiger partial charge in [-0.3, -0.25) is 9.59 Å². The highest BCUT2D eigenvalue weighted by Crippen LogP contribution is 2.24. The van der Waals surface area contributed by atoms with Crippen LogP contribution in [0.5, 0.6) is 0 Å². The summed E-state index contributed by atoms with van der Waals surface area (Å²) in [6.45, 7) is 12.2. The predicted molar refractivity (Wildman–Crippen MR) is 66.8 cm³/mol. The van der Waals surface area contributed by atoms with Crippen molar-refractivity contribution in [3.8, 4) is 0 Å². The molecule has 0 aromatic heterocycles. The SMILES string of the molecule is CC.CC(C(=O)NCCC(N)=O)C(C)(C)C. The second kappa shape index (κ2) is 8.13. The van der Waals surface area contributed by atoms with E-state index in [-0.39, 0.29) is 23.7 Å². The second-order valence-electron chi connectivity index (χ2n) is 4.60. The van der Waals surface area contributed by atoms with Gasteiger partial charge in [0.2, 0.25) is 11.8 Å². The zero-order valence-electron chi connectivity index (χ0n) is 11.4. The third kappa shape index (κ3) is 8.26. The minimum absolute atomic E-state index is 0.0289. The first-order valence-corrected chi connectivity index (χ1v) is 5.81. The Kier molecular flexibility index (Phi) is 8.81. The van der Waals surface area contributed by atoms with Crippen LogP contribution < -0.4 is 11.1 Å². The summed E-state index contributed by atoms with van der Waals surface area (Å²) in [6, 6.07) is 0. The Morgan fingerprint density at radius 1 is 1.25 bits per heavy atom. The van der Waals surface area contributed by atoms with Crippen LogP contribution in [-0.2, 0) is 9.59 Å². The number of primary amides is 1. The minimum Gasteiger partial charge on any atom is -0.370 e. The summed E-state index contributed by atoms with van der Waals surface area (Å²) in [5.41, 5.74) is 4.89. The van der Waals surface area contributed by atoms with Gasteiger partial charge < -0.3 is 11.1 Å². The van der Waals surface area contributed by atoms with Gasteiger partial charge in [0.1, 0.15) is 0 Å². The fraction of sp³-hybridized carbons (Fsp3) is 0.833. The molecule has 2 amide bonds. The summed E-state index contributed by atoms with van der Waals surface area (Å²) in [7, 11) is 0. The molecule has 0 rings (SSSR count). The van der Waals surface area contributed by atoms with E-state index in [4.69, 9.17) is 5.73 Å². The van der Waals surface area contributed by atoms with Crippen molar-refractivity contribution in [2.24, 2.45) is 17.1 Å². The van der Waals surface area contributed by atoms with Crippen LogP contribution in [-0.4, -0.2) is 18.4 Å². The molecular weight excluding hydrogens is 204 g/mol. The van der Waals surface area contributed by atoms with Gasteiger partial charge in [0, 0.05) is 18.9 Å². The average Bonchev–Trinajstić information content (AvgIpc) is 2.17. The lowest BCUT2D eigenvalue weighted by molar-refractivity contribution is -0.127. The zero-order valence-corrected chi connectivity index (χ0v) is 11.4. The van der Waals surface area contributed by atoms with Crippen LogP contribution in [0, 0.1) is 11.3 Å². The van der Waals surface area contributed by atoms with Crippen molar-refractivity contribution < 1.29 is 9.59 Å². The molecule has 96 valence electrons. The molecule has 0 aliphatic heterocycles. The smallest absolute Gasteiger partial charge is 0.223 e. The van der Waals surface area contributed by atoms with E-state index in [0.29, 0.717) is 6.54 Å². The second-order valence-corrected chi connectivity index (χ2v) is 4.60. The van der Waals surface area contributed by atoms with E-state index in [2.05, 4.69) is 5.32 Å². The highest BCUT2D eigenvalue weighted by molar-refractivity contribution is 5.80. The number of amides is 2. The minimum atomic E-state index is -0.395.